The summed E-state index contributed by atoms with van der Waals surface area (Å²) in [5, 5.41) is 0.690. The van der Waals surface area contributed by atoms with Gasteiger partial charge in [0.05, 0.1) is 10.6 Å². The summed E-state index contributed by atoms with van der Waals surface area (Å²) in [7, 11) is -3.65. The largest absolute Gasteiger partial charge is 0.489 e. The number of fused-ring (bicyclic) bond motifs is 1. The van der Waals surface area contributed by atoms with Crippen molar-refractivity contribution in [1.82, 2.24) is 4.72 Å². The van der Waals surface area contributed by atoms with Crippen molar-refractivity contribution >= 4 is 27.3 Å². The number of halogens is 2. The van der Waals surface area contributed by atoms with Gasteiger partial charge in [0.15, 0.2) is 11.6 Å². The van der Waals surface area contributed by atoms with Gasteiger partial charge in [-0.2, -0.15) is 0 Å². The van der Waals surface area contributed by atoms with Gasteiger partial charge in [0, 0.05) is 29.1 Å². The van der Waals surface area contributed by atoms with Crippen molar-refractivity contribution in [1.29, 1.82) is 0 Å². The van der Waals surface area contributed by atoms with Crippen LogP contribution in [0.5, 0.6) is 5.75 Å². The van der Waals surface area contributed by atoms with Crippen LogP contribution in [0.1, 0.15) is 36.0 Å². The molecule has 1 heterocycles. The van der Waals surface area contributed by atoms with E-state index in [0.29, 0.717) is 18.0 Å². The van der Waals surface area contributed by atoms with E-state index in [1.807, 2.05) is 12.1 Å². The fourth-order valence-corrected chi connectivity index (χ4v) is 6.06. The predicted octanol–water partition coefficient (Wildman–Crippen LogP) is 5.30. The van der Waals surface area contributed by atoms with Crippen molar-refractivity contribution in [2.75, 3.05) is 19.7 Å². The third-order valence-corrected chi connectivity index (χ3v) is 8.56. The van der Waals surface area contributed by atoms with Gasteiger partial charge in [-0.15, -0.1) is 0 Å². The maximum atomic E-state index is 14.9. The number of benzene rings is 3. The van der Waals surface area contributed by atoms with E-state index in [1.54, 1.807) is 24.3 Å². The third kappa shape index (κ3) is 4.73. The quantitative estimate of drug-likeness (QED) is 0.416. The highest BCUT2D eigenvalue weighted by molar-refractivity contribution is 7.89. The van der Waals surface area contributed by atoms with Crippen LogP contribution in [-0.2, 0) is 21.9 Å². The minimum Gasteiger partial charge on any atom is -0.489 e. The van der Waals surface area contributed by atoms with Crippen LogP contribution in [-0.4, -0.2) is 33.8 Å². The molecule has 3 aromatic rings. The zero-order valence-corrected chi connectivity index (χ0v) is 20.7. The highest BCUT2D eigenvalue weighted by Crippen LogP contribution is 2.48. The summed E-state index contributed by atoms with van der Waals surface area (Å²) in [5.41, 5.74) is 3.76. The van der Waals surface area contributed by atoms with Gasteiger partial charge in [0.25, 0.3) is 0 Å². The Morgan fingerprint density at radius 2 is 1.80 bits per heavy atom. The van der Waals surface area contributed by atoms with Crippen LogP contribution in [0.2, 0.25) is 5.02 Å². The second-order valence-corrected chi connectivity index (χ2v) is 11.1. The van der Waals surface area contributed by atoms with Crippen LogP contribution in [0.3, 0.4) is 0 Å². The van der Waals surface area contributed by atoms with E-state index in [2.05, 4.69) is 16.9 Å². The maximum absolute atomic E-state index is 14.9. The maximum Gasteiger partial charge on any atom is 0.240 e. The second kappa shape index (κ2) is 9.72. The van der Waals surface area contributed by atoms with Crippen molar-refractivity contribution in [3.05, 3.63) is 94.3 Å². The molecule has 0 radical (unpaired) electrons. The van der Waals surface area contributed by atoms with Crippen molar-refractivity contribution < 1.29 is 17.5 Å². The van der Waals surface area contributed by atoms with Crippen molar-refractivity contribution in [3.8, 4) is 5.75 Å². The van der Waals surface area contributed by atoms with Gasteiger partial charge in [-0.25, -0.2) is 17.5 Å². The van der Waals surface area contributed by atoms with Gasteiger partial charge >= 0.3 is 0 Å². The number of ether oxygens (including phenoxy) is 1. The number of rotatable bonds is 8. The lowest BCUT2D eigenvalue weighted by Crippen LogP contribution is -2.44. The van der Waals surface area contributed by atoms with Gasteiger partial charge in [-0.05, 0) is 66.8 Å². The molecule has 5 nitrogen and oxygen atoms in total. The van der Waals surface area contributed by atoms with Crippen LogP contribution < -0.4 is 9.46 Å². The van der Waals surface area contributed by atoms with Gasteiger partial charge in [-0.1, -0.05) is 48.4 Å². The fraction of sp³-hybridized carbons (Fsp3) is 0.296. The normalized spacial score (nSPS) is 16.7. The highest BCUT2D eigenvalue weighted by Gasteiger charge is 2.45. The van der Waals surface area contributed by atoms with E-state index in [1.165, 1.54) is 23.8 Å². The van der Waals surface area contributed by atoms with E-state index in [0.717, 1.165) is 36.1 Å². The Bertz CT molecular complexity index is 1360. The van der Waals surface area contributed by atoms with Crippen LogP contribution in [0.4, 0.5) is 4.39 Å². The monoisotopic (exact) mass is 512 g/mol. The van der Waals surface area contributed by atoms with Gasteiger partial charge < -0.3 is 4.74 Å². The van der Waals surface area contributed by atoms with Crippen molar-refractivity contribution in [2.24, 2.45) is 4.99 Å². The molecule has 0 amide bonds. The molecule has 1 fully saturated rings. The molecular formula is C27H26ClFN2O3S. The molecule has 182 valence electrons. The average molecular weight is 513 g/mol. The minimum absolute atomic E-state index is 0.00340. The van der Waals surface area contributed by atoms with Crippen molar-refractivity contribution in [2.45, 2.75) is 36.0 Å². The Hall–Kier alpha value is -2.74. The Morgan fingerprint density at radius 1 is 1.06 bits per heavy atom. The van der Waals surface area contributed by atoms with Crippen LogP contribution >= 0.6 is 11.6 Å². The number of aliphatic imine (C=N–C) groups is 1. The summed E-state index contributed by atoms with van der Waals surface area (Å²) in [6, 6.07) is 19.3. The van der Waals surface area contributed by atoms with E-state index in [4.69, 9.17) is 21.3 Å². The summed E-state index contributed by atoms with van der Waals surface area (Å²) in [5.74, 6) is -0.354. The predicted molar refractivity (Wildman–Crippen MR) is 136 cm³/mol. The fourth-order valence-electron chi connectivity index (χ4n) is 4.90. The molecule has 0 bridgehead atoms. The van der Waals surface area contributed by atoms with Crippen molar-refractivity contribution in [3.63, 3.8) is 0 Å². The summed E-state index contributed by atoms with van der Waals surface area (Å²) in [6.07, 6.45) is 3.72. The Kier molecular flexibility index (Phi) is 6.66. The lowest BCUT2D eigenvalue weighted by molar-refractivity contribution is 0.305. The number of sulfonamides is 1. The summed E-state index contributed by atoms with van der Waals surface area (Å²) < 4.78 is 47.8. The number of hydrogen-bond donors (Lipinski definition) is 1. The standard InChI is InChI=1S/C27H26ClFN2O3S/c28-21-9-7-20(8-10-21)27(12-4-13-27)26-23-18-25(24(29)17-19(23)11-14-30-26)34-16-15-31-35(32,33)22-5-2-1-3-6-22/h1-3,5-10,17-18,31H,4,11-16H2. The van der Waals surface area contributed by atoms with Crippen LogP contribution in [0.15, 0.2) is 76.6 Å². The smallest absolute Gasteiger partial charge is 0.240 e. The molecule has 8 heteroatoms. The van der Waals surface area contributed by atoms with Crippen LogP contribution in [0.25, 0.3) is 0 Å². The molecule has 3 aromatic carbocycles. The zero-order valence-electron chi connectivity index (χ0n) is 19.1. The number of hydrogen-bond acceptors (Lipinski definition) is 4. The molecule has 35 heavy (non-hydrogen) atoms. The Labute approximate surface area is 210 Å². The number of nitrogens with zero attached hydrogens (tertiary/aromatic N) is 1. The van der Waals surface area contributed by atoms with Gasteiger partial charge in [-0.3, -0.25) is 4.99 Å². The molecule has 0 atom stereocenters. The highest BCUT2D eigenvalue weighted by atomic mass is 35.5. The van der Waals surface area contributed by atoms with Crippen LogP contribution in [0, 0.1) is 5.82 Å². The first-order valence-electron chi connectivity index (χ1n) is 11.7. The minimum atomic E-state index is -3.65. The van der Waals surface area contributed by atoms with E-state index in [-0.39, 0.29) is 29.2 Å². The molecule has 1 N–H and O–H groups in total. The molecule has 0 saturated heterocycles. The number of nitrogens with one attached hydrogen (secondary N) is 1. The first-order valence-corrected chi connectivity index (χ1v) is 13.6. The summed E-state index contributed by atoms with van der Waals surface area (Å²) >= 11 is 6.12. The van der Waals surface area contributed by atoms with Gasteiger partial charge in [0.2, 0.25) is 10.0 Å². The Morgan fingerprint density at radius 3 is 2.49 bits per heavy atom. The van der Waals surface area contributed by atoms with E-state index in [9.17, 15) is 12.8 Å². The Balaban J connectivity index is 1.35. The molecule has 5 rings (SSSR count). The summed E-state index contributed by atoms with van der Waals surface area (Å²) in [4.78, 5) is 5.09. The lowest BCUT2D eigenvalue weighted by atomic mass is 9.59. The molecule has 0 unspecified atom stereocenters. The molecule has 0 spiro atoms. The van der Waals surface area contributed by atoms with E-state index >= 15 is 0 Å². The second-order valence-electron chi connectivity index (χ2n) is 8.92. The lowest BCUT2D eigenvalue weighted by Gasteiger charge is -2.45. The average Bonchev–Trinajstić information content (AvgIpc) is 2.83. The zero-order chi connectivity index (χ0) is 24.5. The summed E-state index contributed by atoms with van der Waals surface area (Å²) in [6.45, 7) is 0.637. The molecule has 1 aliphatic heterocycles. The van der Waals surface area contributed by atoms with E-state index < -0.39 is 15.8 Å². The molecular weight excluding hydrogens is 487 g/mol. The third-order valence-electron chi connectivity index (χ3n) is 6.83. The molecule has 1 aliphatic carbocycles. The molecule has 2 aliphatic rings. The molecule has 0 aromatic heterocycles. The van der Waals surface area contributed by atoms with Gasteiger partial charge in [0.1, 0.15) is 6.61 Å². The first-order chi connectivity index (χ1) is 16.9. The first kappa shape index (κ1) is 24.0. The SMILES string of the molecule is O=S(=O)(NCCOc1cc2c(cc1F)CCN=C2C1(c2ccc(Cl)cc2)CCC1)c1ccccc1. The molecule has 1 saturated carbocycles. The topological polar surface area (TPSA) is 67.8 Å².